The summed E-state index contributed by atoms with van der Waals surface area (Å²) in [6.45, 7) is 5.12. The lowest BCUT2D eigenvalue weighted by molar-refractivity contribution is 0.217. The van der Waals surface area contributed by atoms with E-state index in [4.69, 9.17) is 4.52 Å². The van der Waals surface area contributed by atoms with Crippen LogP contribution in [0.5, 0.6) is 0 Å². The summed E-state index contributed by atoms with van der Waals surface area (Å²) in [7, 11) is 2.18. The van der Waals surface area contributed by atoms with Crippen molar-refractivity contribution in [2.75, 3.05) is 32.0 Å². The van der Waals surface area contributed by atoms with Crippen molar-refractivity contribution in [3.8, 4) is 11.5 Å². The fraction of sp³-hybridized carbons (Fsp3) is 0.533. The molecule has 2 aromatic rings. The van der Waals surface area contributed by atoms with Crippen molar-refractivity contribution < 1.29 is 4.52 Å². The van der Waals surface area contributed by atoms with E-state index in [1.165, 1.54) is 19.4 Å². The molecule has 0 aromatic carbocycles. The molecule has 1 aliphatic heterocycles. The highest BCUT2D eigenvalue weighted by Crippen LogP contribution is 2.20. The third-order valence-electron chi connectivity index (χ3n) is 3.83. The van der Waals surface area contributed by atoms with Crippen molar-refractivity contribution in [2.45, 2.75) is 19.8 Å². The first-order chi connectivity index (χ1) is 10.2. The number of hydrogen-bond donors (Lipinski definition) is 1. The average Bonchev–Trinajstić information content (AvgIpc) is 2.92. The second kappa shape index (κ2) is 6.22. The van der Waals surface area contributed by atoms with Crippen molar-refractivity contribution in [3.05, 3.63) is 24.2 Å². The number of nitrogens with one attached hydrogen (secondary N) is 1. The number of hydrogen-bond acceptors (Lipinski definition) is 6. The molecule has 21 heavy (non-hydrogen) atoms. The lowest BCUT2D eigenvalue weighted by Gasteiger charge is -2.29. The Morgan fingerprint density at radius 1 is 1.48 bits per heavy atom. The number of anilines is 1. The van der Waals surface area contributed by atoms with Gasteiger partial charge in [-0.15, -0.1) is 0 Å². The summed E-state index contributed by atoms with van der Waals surface area (Å²) < 4.78 is 5.19. The van der Waals surface area contributed by atoms with Crippen LogP contribution >= 0.6 is 0 Å². The molecule has 1 fully saturated rings. The van der Waals surface area contributed by atoms with Gasteiger partial charge in [0, 0.05) is 24.8 Å². The zero-order valence-electron chi connectivity index (χ0n) is 12.5. The van der Waals surface area contributed by atoms with Crippen LogP contribution in [0.25, 0.3) is 11.5 Å². The van der Waals surface area contributed by atoms with E-state index in [1.54, 1.807) is 6.20 Å². The number of rotatable bonds is 4. The largest absolute Gasteiger partial charge is 0.370 e. The maximum atomic E-state index is 5.19. The lowest BCUT2D eigenvalue weighted by Crippen LogP contribution is -2.35. The predicted molar refractivity (Wildman–Crippen MR) is 81.0 cm³/mol. The molecule has 0 amide bonds. The number of pyridine rings is 1. The summed E-state index contributed by atoms with van der Waals surface area (Å²) in [5, 5.41) is 7.24. The van der Waals surface area contributed by atoms with Crippen molar-refractivity contribution in [3.63, 3.8) is 0 Å². The normalized spacial score (nSPS) is 19.6. The zero-order chi connectivity index (χ0) is 14.7. The van der Waals surface area contributed by atoms with Crippen molar-refractivity contribution >= 4 is 5.82 Å². The number of nitrogens with zero attached hydrogens (tertiary/aromatic N) is 4. The minimum absolute atomic E-state index is 0.537. The number of likely N-dealkylation sites (tertiary alicyclic amines) is 1. The molecule has 112 valence electrons. The molecule has 1 N–H and O–H groups in total. The SMILES string of the molecule is Cc1noc(-c2ccnc(NCC3CCCN(C)C3)c2)n1. The first-order valence-electron chi connectivity index (χ1n) is 7.40. The van der Waals surface area contributed by atoms with Crippen LogP contribution in [0.15, 0.2) is 22.9 Å². The molecule has 0 bridgehead atoms. The first kappa shape index (κ1) is 14.0. The summed E-state index contributed by atoms with van der Waals surface area (Å²) in [5.41, 5.74) is 0.897. The molecule has 2 aromatic heterocycles. The van der Waals surface area contributed by atoms with Crippen molar-refractivity contribution in [1.29, 1.82) is 0 Å². The van der Waals surface area contributed by atoms with Crippen LogP contribution < -0.4 is 5.32 Å². The van der Waals surface area contributed by atoms with Gasteiger partial charge in [0.05, 0.1) is 0 Å². The van der Waals surface area contributed by atoms with Gasteiger partial charge in [-0.05, 0) is 51.4 Å². The molecule has 0 spiro atoms. The van der Waals surface area contributed by atoms with Gasteiger partial charge >= 0.3 is 0 Å². The molecule has 6 nitrogen and oxygen atoms in total. The Labute approximate surface area is 124 Å². The number of piperidine rings is 1. The second-order valence-electron chi connectivity index (χ2n) is 5.73. The third kappa shape index (κ3) is 3.58. The Bertz CT molecular complexity index is 597. The Hall–Kier alpha value is -1.95. The molecule has 1 unspecified atom stereocenters. The van der Waals surface area contributed by atoms with Gasteiger partial charge in [0.1, 0.15) is 5.82 Å². The van der Waals surface area contributed by atoms with Crippen LogP contribution in [0.4, 0.5) is 5.82 Å². The molecule has 3 rings (SSSR count). The highest BCUT2D eigenvalue weighted by atomic mass is 16.5. The average molecular weight is 287 g/mol. The van der Waals surface area contributed by atoms with E-state index in [9.17, 15) is 0 Å². The zero-order valence-corrected chi connectivity index (χ0v) is 12.5. The van der Waals surface area contributed by atoms with Gasteiger partial charge in [-0.25, -0.2) is 4.98 Å². The van der Waals surface area contributed by atoms with Gasteiger partial charge in [0.2, 0.25) is 0 Å². The van der Waals surface area contributed by atoms with E-state index in [2.05, 4.69) is 32.4 Å². The molecule has 1 atom stereocenters. The van der Waals surface area contributed by atoms with Crippen molar-refractivity contribution in [2.24, 2.45) is 5.92 Å². The van der Waals surface area contributed by atoms with E-state index in [0.717, 1.165) is 24.5 Å². The van der Waals surface area contributed by atoms with Gasteiger partial charge in [0.15, 0.2) is 5.82 Å². The smallest absolute Gasteiger partial charge is 0.258 e. The van der Waals surface area contributed by atoms with E-state index in [0.29, 0.717) is 17.6 Å². The minimum Gasteiger partial charge on any atom is -0.370 e. The standard InChI is InChI=1S/C15H21N5O/c1-11-18-15(21-19-11)13-5-6-16-14(8-13)17-9-12-4-3-7-20(2)10-12/h5-6,8,12H,3-4,7,9-10H2,1-2H3,(H,16,17). The quantitative estimate of drug-likeness (QED) is 0.930. The van der Waals surface area contributed by atoms with Gasteiger partial charge in [-0.3, -0.25) is 0 Å². The van der Waals surface area contributed by atoms with Crippen LogP contribution in [0, 0.1) is 12.8 Å². The Morgan fingerprint density at radius 3 is 3.14 bits per heavy atom. The third-order valence-corrected chi connectivity index (χ3v) is 3.83. The van der Waals surface area contributed by atoms with E-state index >= 15 is 0 Å². The highest BCUT2D eigenvalue weighted by Gasteiger charge is 2.17. The molecule has 0 radical (unpaired) electrons. The molecule has 1 aliphatic rings. The van der Waals surface area contributed by atoms with Crippen LogP contribution in [0.3, 0.4) is 0 Å². The molecular formula is C15H21N5O. The van der Waals surface area contributed by atoms with E-state index in [1.807, 2.05) is 19.1 Å². The molecule has 3 heterocycles. The van der Waals surface area contributed by atoms with Gasteiger partial charge in [-0.2, -0.15) is 4.98 Å². The maximum absolute atomic E-state index is 5.19. The van der Waals surface area contributed by atoms with Crippen LogP contribution in [0.2, 0.25) is 0 Å². The highest BCUT2D eigenvalue weighted by molar-refractivity contribution is 5.57. The van der Waals surface area contributed by atoms with Crippen LogP contribution in [-0.4, -0.2) is 46.7 Å². The number of aryl methyl sites for hydroxylation is 1. The predicted octanol–water partition coefficient (Wildman–Crippen LogP) is 2.19. The van der Waals surface area contributed by atoms with Gasteiger partial charge < -0.3 is 14.7 Å². The Morgan fingerprint density at radius 2 is 2.38 bits per heavy atom. The summed E-state index contributed by atoms with van der Waals surface area (Å²) in [5.74, 6) is 2.72. The summed E-state index contributed by atoms with van der Waals surface area (Å²) in [4.78, 5) is 11.0. The molecule has 1 saturated heterocycles. The maximum Gasteiger partial charge on any atom is 0.258 e. The number of aromatic nitrogens is 3. The van der Waals surface area contributed by atoms with Gasteiger partial charge in [0.25, 0.3) is 5.89 Å². The Kier molecular flexibility index (Phi) is 4.15. The van der Waals surface area contributed by atoms with E-state index < -0.39 is 0 Å². The lowest BCUT2D eigenvalue weighted by atomic mass is 9.98. The fourth-order valence-corrected chi connectivity index (χ4v) is 2.76. The minimum atomic E-state index is 0.537. The van der Waals surface area contributed by atoms with Crippen molar-refractivity contribution in [1.82, 2.24) is 20.0 Å². The monoisotopic (exact) mass is 287 g/mol. The second-order valence-corrected chi connectivity index (χ2v) is 5.73. The first-order valence-corrected chi connectivity index (χ1v) is 7.40. The van der Waals surface area contributed by atoms with Crippen LogP contribution in [-0.2, 0) is 0 Å². The van der Waals surface area contributed by atoms with E-state index in [-0.39, 0.29) is 0 Å². The van der Waals surface area contributed by atoms with Crippen LogP contribution in [0.1, 0.15) is 18.7 Å². The Balaban J connectivity index is 1.63. The van der Waals surface area contributed by atoms with Gasteiger partial charge in [-0.1, -0.05) is 5.16 Å². The molecular weight excluding hydrogens is 266 g/mol. The molecule has 0 aliphatic carbocycles. The summed E-state index contributed by atoms with van der Waals surface area (Å²) in [6.07, 6.45) is 4.32. The summed E-state index contributed by atoms with van der Waals surface area (Å²) >= 11 is 0. The fourth-order valence-electron chi connectivity index (χ4n) is 2.76. The summed E-state index contributed by atoms with van der Waals surface area (Å²) in [6, 6.07) is 3.84. The molecule has 6 heteroatoms. The topological polar surface area (TPSA) is 67.1 Å². The molecule has 0 saturated carbocycles.